The van der Waals surface area contributed by atoms with Gasteiger partial charge in [0.05, 0.1) is 11.3 Å². The van der Waals surface area contributed by atoms with Crippen LogP contribution in [0, 0.1) is 0 Å². The molecule has 1 aromatic carbocycles. The summed E-state index contributed by atoms with van der Waals surface area (Å²) in [6.45, 7) is 1.33. The summed E-state index contributed by atoms with van der Waals surface area (Å²) in [7, 11) is 2.07. The van der Waals surface area contributed by atoms with Gasteiger partial charge in [-0.1, -0.05) is 6.07 Å². The zero-order valence-corrected chi connectivity index (χ0v) is 10.4. The van der Waals surface area contributed by atoms with Crippen molar-refractivity contribution in [1.82, 2.24) is 4.90 Å². The minimum atomic E-state index is -1.03. The number of aromatic carboxylic acids is 1. The van der Waals surface area contributed by atoms with Crippen LogP contribution in [0.4, 0.5) is 5.69 Å². The molecule has 0 heterocycles. The number of rotatable bonds is 6. The third kappa shape index (κ3) is 2.92. The van der Waals surface area contributed by atoms with Gasteiger partial charge in [0.1, 0.15) is 12.4 Å². The number of ether oxygens (including phenoxy) is 1. The van der Waals surface area contributed by atoms with E-state index in [2.05, 4.69) is 11.9 Å². The second-order valence-corrected chi connectivity index (χ2v) is 4.58. The van der Waals surface area contributed by atoms with E-state index in [-0.39, 0.29) is 11.3 Å². The number of carboxylic acids is 1. The van der Waals surface area contributed by atoms with Crippen molar-refractivity contribution < 1.29 is 14.6 Å². The van der Waals surface area contributed by atoms with Gasteiger partial charge in [-0.15, -0.1) is 0 Å². The van der Waals surface area contributed by atoms with E-state index in [1.165, 1.54) is 18.9 Å². The molecule has 0 unspecified atom stereocenters. The van der Waals surface area contributed by atoms with Gasteiger partial charge in [0.2, 0.25) is 0 Å². The predicted octanol–water partition coefficient (Wildman–Crippen LogP) is 1.44. The van der Waals surface area contributed by atoms with Gasteiger partial charge < -0.3 is 20.5 Å². The highest BCUT2D eigenvalue weighted by Gasteiger charge is 2.25. The van der Waals surface area contributed by atoms with Crippen LogP contribution in [0.3, 0.4) is 0 Å². The molecule has 0 aliphatic heterocycles. The summed E-state index contributed by atoms with van der Waals surface area (Å²) >= 11 is 0. The number of para-hydroxylation sites is 1. The average Bonchev–Trinajstić information content (AvgIpc) is 3.14. The normalized spacial score (nSPS) is 14.8. The van der Waals surface area contributed by atoms with Crippen molar-refractivity contribution >= 4 is 11.7 Å². The summed E-state index contributed by atoms with van der Waals surface area (Å²) < 4.78 is 5.55. The van der Waals surface area contributed by atoms with Crippen LogP contribution in [0.1, 0.15) is 23.2 Å². The molecule has 0 spiro atoms. The molecule has 98 valence electrons. The first-order valence-electron chi connectivity index (χ1n) is 6.04. The second kappa shape index (κ2) is 5.27. The number of hydrogen-bond acceptors (Lipinski definition) is 4. The standard InChI is InChI=1S/C13H18N2O3/c1-15(9-5-6-9)7-8-18-11-4-2-3-10(12(11)14)13(16)17/h2-4,9H,5-8,14H2,1H3,(H,16,17). The van der Waals surface area contributed by atoms with Crippen molar-refractivity contribution in [2.24, 2.45) is 0 Å². The van der Waals surface area contributed by atoms with Crippen molar-refractivity contribution in [2.45, 2.75) is 18.9 Å². The molecular formula is C13H18N2O3. The van der Waals surface area contributed by atoms with E-state index in [4.69, 9.17) is 15.6 Å². The van der Waals surface area contributed by atoms with E-state index in [0.717, 1.165) is 6.54 Å². The first kappa shape index (κ1) is 12.7. The fourth-order valence-corrected chi connectivity index (χ4v) is 1.85. The smallest absolute Gasteiger partial charge is 0.337 e. The van der Waals surface area contributed by atoms with Crippen LogP contribution in [0.25, 0.3) is 0 Å². The van der Waals surface area contributed by atoms with Crippen LogP contribution in [0.2, 0.25) is 0 Å². The lowest BCUT2D eigenvalue weighted by Crippen LogP contribution is -2.26. The van der Waals surface area contributed by atoms with Crippen LogP contribution in [0.5, 0.6) is 5.75 Å². The lowest BCUT2D eigenvalue weighted by Gasteiger charge is -2.16. The zero-order chi connectivity index (χ0) is 13.1. The van der Waals surface area contributed by atoms with Crippen LogP contribution in [0.15, 0.2) is 18.2 Å². The van der Waals surface area contributed by atoms with Crippen molar-refractivity contribution in [1.29, 1.82) is 0 Å². The second-order valence-electron chi connectivity index (χ2n) is 4.58. The molecule has 1 fully saturated rings. The first-order chi connectivity index (χ1) is 8.59. The molecule has 0 aromatic heterocycles. The summed E-state index contributed by atoms with van der Waals surface area (Å²) in [5.41, 5.74) is 6.03. The number of benzene rings is 1. The number of hydrogen-bond donors (Lipinski definition) is 2. The third-order valence-corrected chi connectivity index (χ3v) is 3.17. The topological polar surface area (TPSA) is 75.8 Å². The van der Waals surface area contributed by atoms with Crippen molar-refractivity contribution in [3.8, 4) is 5.75 Å². The molecule has 5 nitrogen and oxygen atoms in total. The summed E-state index contributed by atoms with van der Waals surface area (Å²) in [4.78, 5) is 13.2. The van der Waals surface area contributed by atoms with Gasteiger partial charge in [-0.3, -0.25) is 0 Å². The largest absolute Gasteiger partial charge is 0.490 e. The van der Waals surface area contributed by atoms with Gasteiger partial charge in [-0.25, -0.2) is 4.79 Å². The number of likely N-dealkylation sites (N-methyl/N-ethyl adjacent to an activating group) is 1. The summed E-state index contributed by atoms with van der Waals surface area (Å²) in [5, 5.41) is 8.94. The molecule has 0 amide bonds. The van der Waals surface area contributed by atoms with Crippen molar-refractivity contribution in [2.75, 3.05) is 25.9 Å². The quantitative estimate of drug-likeness (QED) is 0.747. The highest BCUT2D eigenvalue weighted by molar-refractivity contribution is 5.95. The number of nitrogen functional groups attached to an aromatic ring is 1. The van der Waals surface area contributed by atoms with Gasteiger partial charge in [0.15, 0.2) is 0 Å². The number of nitrogens with two attached hydrogens (primary N) is 1. The van der Waals surface area contributed by atoms with Crippen LogP contribution in [-0.4, -0.2) is 42.2 Å². The summed E-state index contributed by atoms with van der Waals surface area (Å²) in [6.07, 6.45) is 2.51. The van der Waals surface area contributed by atoms with Crippen molar-refractivity contribution in [3.63, 3.8) is 0 Å². The van der Waals surface area contributed by atoms with E-state index < -0.39 is 5.97 Å². The van der Waals surface area contributed by atoms with Gasteiger partial charge in [0, 0.05) is 12.6 Å². The Morgan fingerprint density at radius 2 is 2.28 bits per heavy atom. The van der Waals surface area contributed by atoms with Gasteiger partial charge in [-0.2, -0.15) is 0 Å². The average molecular weight is 250 g/mol. The molecule has 1 aromatic rings. The third-order valence-electron chi connectivity index (χ3n) is 3.17. The fraction of sp³-hybridized carbons (Fsp3) is 0.462. The molecule has 1 saturated carbocycles. The van der Waals surface area contributed by atoms with Gasteiger partial charge in [-0.05, 0) is 32.0 Å². The molecule has 3 N–H and O–H groups in total. The zero-order valence-electron chi connectivity index (χ0n) is 10.4. The monoisotopic (exact) mass is 250 g/mol. The molecule has 5 heteroatoms. The Balaban J connectivity index is 1.92. The Hall–Kier alpha value is -1.75. The molecule has 0 bridgehead atoms. The van der Waals surface area contributed by atoms with Crippen LogP contribution in [-0.2, 0) is 0 Å². The number of carboxylic acid groups (broad SMARTS) is 1. The van der Waals surface area contributed by atoms with Gasteiger partial charge >= 0.3 is 5.97 Å². The number of anilines is 1. The lowest BCUT2D eigenvalue weighted by molar-refractivity contribution is 0.0697. The molecule has 1 aliphatic rings. The predicted molar refractivity (Wildman–Crippen MR) is 69.0 cm³/mol. The molecule has 1 aliphatic carbocycles. The molecule has 0 atom stereocenters. The lowest BCUT2D eigenvalue weighted by atomic mass is 10.1. The molecule has 18 heavy (non-hydrogen) atoms. The van der Waals surface area contributed by atoms with Crippen LogP contribution < -0.4 is 10.5 Å². The van der Waals surface area contributed by atoms with E-state index in [9.17, 15) is 4.79 Å². The molecule has 2 rings (SSSR count). The number of nitrogens with zero attached hydrogens (tertiary/aromatic N) is 1. The Labute approximate surface area is 106 Å². The SMILES string of the molecule is CN(CCOc1cccc(C(=O)O)c1N)C1CC1. The van der Waals surface area contributed by atoms with E-state index >= 15 is 0 Å². The van der Waals surface area contributed by atoms with Crippen LogP contribution >= 0.6 is 0 Å². The van der Waals surface area contributed by atoms with E-state index in [1.807, 2.05) is 0 Å². The summed E-state index contributed by atoms with van der Waals surface area (Å²) in [6, 6.07) is 5.50. The summed E-state index contributed by atoms with van der Waals surface area (Å²) in [5.74, 6) is -0.591. The van der Waals surface area contributed by atoms with E-state index in [0.29, 0.717) is 18.4 Å². The minimum absolute atomic E-state index is 0.0862. The highest BCUT2D eigenvalue weighted by atomic mass is 16.5. The maximum atomic E-state index is 10.9. The Morgan fingerprint density at radius 1 is 1.56 bits per heavy atom. The van der Waals surface area contributed by atoms with Gasteiger partial charge in [0.25, 0.3) is 0 Å². The maximum Gasteiger partial charge on any atom is 0.337 e. The first-order valence-corrected chi connectivity index (χ1v) is 6.04. The maximum absolute atomic E-state index is 10.9. The highest BCUT2D eigenvalue weighted by Crippen LogP contribution is 2.26. The molecule has 0 saturated heterocycles. The van der Waals surface area contributed by atoms with Crippen molar-refractivity contribution in [3.05, 3.63) is 23.8 Å². The fourth-order valence-electron chi connectivity index (χ4n) is 1.85. The molecular weight excluding hydrogens is 232 g/mol. The Bertz CT molecular complexity index is 444. The Morgan fingerprint density at radius 3 is 2.89 bits per heavy atom. The Kier molecular flexibility index (Phi) is 3.72. The minimum Gasteiger partial charge on any atom is -0.490 e. The number of carbonyl (C=O) groups is 1. The van der Waals surface area contributed by atoms with E-state index in [1.54, 1.807) is 12.1 Å². The molecule has 0 radical (unpaired) electrons.